The maximum absolute atomic E-state index is 13.2. The molecule has 3 rings (SSSR count). The van der Waals surface area contributed by atoms with E-state index in [1.54, 1.807) is 30.3 Å². The lowest BCUT2D eigenvalue weighted by Gasteiger charge is -2.13. The third-order valence-electron chi connectivity index (χ3n) is 3.12. The number of aldehydes is 1. The van der Waals surface area contributed by atoms with Gasteiger partial charge in [-0.15, -0.1) is 0 Å². The highest BCUT2D eigenvalue weighted by Gasteiger charge is 2.38. The third kappa shape index (κ3) is 2.18. The molecule has 0 saturated heterocycles. The van der Waals surface area contributed by atoms with E-state index in [1.807, 2.05) is 0 Å². The standard InChI is InChI=1S/C15H9F3N2O/c16-15(17,18)14-19-11-6-2-4-8-13(11)20(14)12-7-3-1-5-10(12)9-21/h1-9H. The largest absolute Gasteiger partial charge is 0.450 e. The molecule has 3 aromatic rings. The first-order valence-corrected chi connectivity index (χ1v) is 6.11. The van der Waals surface area contributed by atoms with Gasteiger partial charge in [0.1, 0.15) is 0 Å². The van der Waals surface area contributed by atoms with Crippen LogP contribution in [0, 0.1) is 0 Å². The molecule has 6 heteroatoms. The Morgan fingerprint density at radius 2 is 1.67 bits per heavy atom. The fourth-order valence-electron chi connectivity index (χ4n) is 2.25. The van der Waals surface area contributed by atoms with Crippen molar-refractivity contribution in [2.24, 2.45) is 0 Å². The zero-order valence-electron chi connectivity index (χ0n) is 10.6. The molecule has 0 radical (unpaired) electrons. The second-order valence-corrected chi connectivity index (χ2v) is 4.43. The molecule has 0 aliphatic heterocycles. The van der Waals surface area contributed by atoms with Gasteiger partial charge in [-0.3, -0.25) is 9.36 Å². The van der Waals surface area contributed by atoms with Crippen LogP contribution >= 0.6 is 0 Å². The number of para-hydroxylation sites is 3. The number of halogens is 3. The summed E-state index contributed by atoms with van der Waals surface area (Å²) in [7, 11) is 0. The zero-order valence-corrected chi connectivity index (χ0v) is 10.6. The first-order valence-electron chi connectivity index (χ1n) is 6.11. The average molecular weight is 290 g/mol. The van der Waals surface area contributed by atoms with Gasteiger partial charge in [-0.1, -0.05) is 24.3 Å². The minimum absolute atomic E-state index is 0.161. The smallest absolute Gasteiger partial charge is 0.298 e. The van der Waals surface area contributed by atoms with Crippen LogP contribution in [0.2, 0.25) is 0 Å². The molecule has 0 bridgehead atoms. The summed E-state index contributed by atoms with van der Waals surface area (Å²) in [4.78, 5) is 14.8. The molecule has 0 unspecified atom stereocenters. The van der Waals surface area contributed by atoms with E-state index in [-0.39, 0.29) is 16.8 Å². The molecule has 106 valence electrons. The van der Waals surface area contributed by atoms with Gasteiger partial charge in [0.25, 0.3) is 0 Å². The van der Waals surface area contributed by atoms with Gasteiger partial charge in [-0.05, 0) is 24.3 Å². The van der Waals surface area contributed by atoms with Gasteiger partial charge in [0.15, 0.2) is 6.29 Å². The first kappa shape index (κ1) is 13.4. The van der Waals surface area contributed by atoms with Crippen LogP contribution in [0.15, 0.2) is 48.5 Å². The Morgan fingerprint density at radius 3 is 2.38 bits per heavy atom. The number of alkyl halides is 3. The molecule has 1 heterocycles. The van der Waals surface area contributed by atoms with Gasteiger partial charge < -0.3 is 0 Å². The van der Waals surface area contributed by atoms with Crippen molar-refractivity contribution in [2.45, 2.75) is 6.18 Å². The van der Waals surface area contributed by atoms with Gasteiger partial charge >= 0.3 is 6.18 Å². The molecule has 0 fully saturated rings. The van der Waals surface area contributed by atoms with Crippen LogP contribution in [0.5, 0.6) is 0 Å². The summed E-state index contributed by atoms with van der Waals surface area (Å²) < 4.78 is 40.7. The van der Waals surface area contributed by atoms with Gasteiger partial charge in [0, 0.05) is 5.56 Å². The minimum Gasteiger partial charge on any atom is -0.298 e. The van der Waals surface area contributed by atoms with Crippen LogP contribution in [0.4, 0.5) is 13.2 Å². The second-order valence-electron chi connectivity index (χ2n) is 4.43. The van der Waals surface area contributed by atoms with Gasteiger partial charge in [-0.25, -0.2) is 4.98 Å². The number of rotatable bonds is 2. The molecule has 0 aliphatic carbocycles. The van der Waals surface area contributed by atoms with Gasteiger partial charge in [0.2, 0.25) is 5.82 Å². The maximum Gasteiger partial charge on any atom is 0.450 e. The summed E-state index contributed by atoms with van der Waals surface area (Å²) in [5, 5.41) is 0. The van der Waals surface area contributed by atoms with E-state index in [9.17, 15) is 18.0 Å². The normalized spacial score (nSPS) is 11.8. The molecule has 0 N–H and O–H groups in total. The highest BCUT2D eigenvalue weighted by atomic mass is 19.4. The molecule has 0 atom stereocenters. The minimum atomic E-state index is -4.62. The van der Waals surface area contributed by atoms with Crippen LogP contribution in [-0.2, 0) is 6.18 Å². The zero-order chi connectivity index (χ0) is 15.0. The Balaban J connectivity index is 2.42. The van der Waals surface area contributed by atoms with E-state index in [0.717, 1.165) is 4.57 Å². The molecule has 0 aliphatic rings. The molecular formula is C15H9F3N2O. The van der Waals surface area contributed by atoms with E-state index < -0.39 is 12.0 Å². The highest BCUT2D eigenvalue weighted by Crippen LogP contribution is 2.34. The number of hydrogen-bond donors (Lipinski definition) is 0. The summed E-state index contributed by atoms with van der Waals surface area (Å²) in [5.74, 6) is -1.04. The summed E-state index contributed by atoms with van der Waals surface area (Å²) in [6.45, 7) is 0. The summed E-state index contributed by atoms with van der Waals surface area (Å²) >= 11 is 0. The molecule has 0 saturated carbocycles. The van der Waals surface area contributed by atoms with Gasteiger partial charge in [0.05, 0.1) is 16.7 Å². The lowest BCUT2D eigenvalue weighted by molar-refractivity contribution is -0.145. The van der Waals surface area contributed by atoms with E-state index in [0.29, 0.717) is 11.8 Å². The maximum atomic E-state index is 13.2. The number of carbonyl (C=O) groups excluding carboxylic acids is 1. The first-order chi connectivity index (χ1) is 10.0. The Kier molecular flexibility index (Phi) is 3.01. The topological polar surface area (TPSA) is 34.9 Å². The highest BCUT2D eigenvalue weighted by molar-refractivity contribution is 5.85. The molecule has 1 aromatic heterocycles. The van der Waals surface area contributed by atoms with E-state index in [2.05, 4.69) is 4.98 Å². The monoisotopic (exact) mass is 290 g/mol. The van der Waals surface area contributed by atoms with Crippen LogP contribution in [0.25, 0.3) is 16.7 Å². The summed E-state index contributed by atoms with van der Waals surface area (Å²) in [5.41, 5.74) is 0.865. The van der Waals surface area contributed by atoms with Crippen molar-refractivity contribution in [3.63, 3.8) is 0 Å². The Labute approximate surface area is 117 Å². The number of imidazole rings is 1. The quantitative estimate of drug-likeness (QED) is 0.672. The number of benzene rings is 2. The lowest BCUT2D eigenvalue weighted by atomic mass is 10.2. The fourth-order valence-corrected chi connectivity index (χ4v) is 2.25. The molecule has 2 aromatic carbocycles. The van der Waals surface area contributed by atoms with Crippen molar-refractivity contribution in [1.29, 1.82) is 0 Å². The van der Waals surface area contributed by atoms with Crippen molar-refractivity contribution in [3.8, 4) is 5.69 Å². The van der Waals surface area contributed by atoms with Gasteiger partial charge in [-0.2, -0.15) is 13.2 Å². The van der Waals surface area contributed by atoms with Crippen molar-refractivity contribution >= 4 is 17.3 Å². The lowest BCUT2D eigenvalue weighted by Crippen LogP contribution is -2.14. The van der Waals surface area contributed by atoms with Crippen LogP contribution in [0.1, 0.15) is 16.2 Å². The molecule has 0 amide bonds. The van der Waals surface area contributed by atoms with Crippen LogP contribution in [-0.4, -0.2) is 15.8 Å². The fraction of sp³-hybridized carbons (Fsp3) is 0.0667. The summed E-state index contributed by atoms with van der Waals surface area (Å²) in [6, 6.07) is 12.4. The number of nitrogens with zero attached hydrogens (tertiary/aromatic N) is 2. The van der Waals surface area contributed by atoms with E-state index in [4.69, 9.17) is 0 Å². The number of hydrogen-bond acceptors (Lipinski definition) is 2. The Bertz CT molecular complexity index is 821. The van der Waals surface area contributed by atoms with Crippen molar-refractivity contribution in [2.75, 3.05) is 0 Å². The SMILES string of the molecule is O=Cc1ccccc1-n1c(C(F)(F)F)nc2ccccc21. The second kappa shape index (κ2) is 4.73. The predicted octanol–water partition coefficient (Wildman–Crippen LogP) is 3.86. The average Bonchev–Trinajstić information content (AvgIpc) is 2.86. The van der Waals surface area contributed by atoms with Crippen LogP contribution in [0.3, 0.4) is 0 Å². The van der Waals surface area contributed by atoms with Crippen molar-refractivity contribution in [3.05, 3.63) is 59.9 Å². The Morgan fingerprint density at radius 1 is 1.00 bits per heavy atom. The number of fused-ring (bicyclic) bond motifs is 1. The molecule has 21 heavy (non-hydrogen) atoms. The molecular weight excluding hydrogens is 281 g/mol. The molecule has 0 spiro atoms. The van der Waals surface area contributed by atoms with Crippen molar-refractivity contribution < 1.29 is 18.0 Å². The summed E-state index contributed by atoms with van der Waals surface area (Å²) in [6.07, 6.45) is -4.08. The van der Waals surface area contributed by atoms with Crippen LogP contribution < -0.4 is 0 Å². The molecule has 3 nitrogen and oxygen atoms in total. The van der Waals surface area contributed by atoms with E-state index >= 15 is 0 Å². The Hall–Kier alpha value is -2.63. The third-order valence-corrected chi connectivity index (χ3v) is 3.12. The number of aromatic nitrogens is 2. The predicted molar refractivity (Wildman–Crippen MR) is 71.5 cm³/mol. The van der Waals surface area contributed by atoms with E-state index in [1.165, 1.54) is 18.2 Å². The van der Waals surface area contributed by atoms with Crippen molar-refractivity contribution in [1.82, 2.24) is 9.55 Å². The number of carbonyl (C=O) groups is 1.